The van der Waals surface area contributed by atoms with Crippen LogP contribution in [0.2, 0.25) is 0 Å². The number of alkyl halides is 2. The maximum absolute atomic E-state index is 12.9. The first-order valence-corrected chi connectivity index (χ1v) is 8.99. The van der Waals surface area contributed by atoms with E-state index in [4.69, 9.17) is 4.74 Å². The van der Waals surface area contributed by atoms with Gasteiger partial charge in [-0.1, -0.05) is 0 Å². The molecule has 0 N–H and O–H groups in total. The van der Waals surface area contributed by atoms with Gasteiger partial charge in [-0.05, 0) is 51.9 Å². The van der Waals surface area contributed by atoms with Gasteiger partial charge in [-0.2, -0.15) is 5.10 Å². The zero-order valence-corrected chi connectivity index (χ0v) is 15.7. The minimum Gasteiger partial charge on any atom is -0.444 e. The van der Waals surface area contributed by atoms with Crippen molar-refractivity contribution in [2.75, 3.05) is 13.1 Å². The Bertz CT molecular complexity index is 728. The Morgan fingerprint density at radius 1 is 1.37 bits per heavy atom. The van der Waals surface area contributed by atoms with Crippen molar-refractivity contribution >= 4 is 11.8 Å². The molecule has 0 radical (unpaired) electrons. The van der Waals surface area contributed by atoms with Crippen molar-refractivity contribution in [3.05, 3.63) is 22.0 Å². The van der Waals surface area contributed by atoms with E-state index in [9.17, 15) is 23.7 Å². The second kappa shape index (κ2) is 6.72. The van der Waals surface area contributed by atoms with Gasteiger partial charge in [0, 0.05) is 13.1 Å². The number of rotatable bonds is 3. The molecule has 1 aromatic heterocycles. The second-order valence-electron chi connectivity index (χ2n) is 8.47. The number of hydrogen-bond donors (Lipinski definition) is 0. The van der Waals surface area contributed by atoms with Crippen molar-refractivity contribution in [2.45, 2.75) is 64.5 Å². The quantitative estimate of drug-likeness (QED) is 0.577. The minimum absolute atomic E-state index is 0.0366. The highest BCUT2D eigenvalue weighted by molar-refractivity contribution is 5.68. The van der Waals surface area contributed by atoms with E-state index < -0.39 is 28.3 Å². The third-order valence-electron chi connectivity index (χ3n) is 5.33. The average Bonchev–Trinajstić information content (AvgIpc) is 2.96. The summed E-state index contributed by atoms with van der Waals surface area (Å²) in [6, 6.07) is -0.121. The van der Waals surface area contributed by atoms with E-state index in [1.807, 2.05) is 20.8 Å². The lowest BCUT2D eigenvalue weighted by Gasteiger charge is -2.51. The predicted molar refractivity (Wildman–Crippen MR) is 91.6 cm³/mol. The number of carbonyl (C=O) groups excluding carboxylic acids is 1. The molecule has 2 heterocycles. The summed E-state index contributed by atoms with van der Waals surface area (Å²) < 4.78 is 32.6. The molecule has 1 saturated carbocycles. The summed E-state index contributed by atoms with van der Waals surface area (Å²) in [5, 5.41) is 14.7. The SMILES string of the molecule is CC(C)(C)OC(=O)N1CCC2(CC1)CC(n1cc([N+](=O)[O-])c(C(F)F)n1)C2. The standard InChI is InChI=1S/C17H24F2N4O4/c1-16(2,3)27-15(24)21-6-4-17(5-7-21)8-11(9-17)22-10-12(23(25)26)13(20-22)14(18)19/h10-11,14H,4-9H2,1-3H3. The van der Waals surface area contributed by atoms with Gasteiger partial charge in [0.2, 0.25) is 5.69 Å². The number of amides is 1. The number of halogens is 2. The van der Waals surface area contributed by atoms with E-state index in [-0.39, 0.29) is 17.6 Å². The summed E-state index contributed by atoms with van der Waals surface area (Å²) in [6.45, 7) is 6.64. The van der Waals surface area contributed by atoms with Crippen LogP contribution >= 0.6 is 0 Å². The van der Waals surface area contributed by atoms with Gasteiger partial charge in [0.15, 0.2) is 0 Å². The zero-order chi connectivity index (χ0) is 20.0. The minimum atomic E-state index is -2.97. The van der Waals surface area contributed by atoms with Gasteiger partial charge < -0.3 is 9.64 Å². The van der Waals surface area contributed by atoms with Gasteiger partial charge in [0.25, 0.3) is 6.43 Å². The number of hydrogen-bond acceptors (Lipinski definition) is 5. The van der Waals surface area contributed by atoms with Gasteiger partial charge in [0.1, 0.15) is 11.8 Å². The molecule has 150 valence electrons. The summed E-state index contributed by atoms with van der Waals surface area (Å²) in [5.74, 6) is 0. The van der Waals surface area contributed by atoms with Crippen molar-refractivity contribution in [1.29, 1.82) is 0 Å². The van der Waals surface area contributed by atoms with Crippen LogP contribution in [0.5, 0.6) is 0 Å². The van der Waals surface area contributed by atoms with Gasteiger partial charge in [-0.25, -0.2) is 13.6 Å². The molecular weight excluding hydrogens is 362 g/mol. The van der Waals surface area contributed by atoms with Crippen molar-refractivity contribution < 1.29 is 23.2 Å². The first kappa shape index (κ1) is 19.5. The molecule has 1 aliphatic heterocycles. The van der Waals surface area contributed by atoms with Crippen LogP contribution < -0.4 is 0 Å². The monoisotopic (exact) mass is 386 g/mol. The molecule has 1 amide bonds. The predicted octanol–water partition coefficient (Wildman–Crippen LogP) is 4.08. The van der Waals surface area contributed by atoms with Crippen LogP contribution in [0.25, 0.3) is 0 Å². The maximum Gasteiger partial charge on any atom is 0.410 e. The Hall–Kier alpha value is -2.26. The molecule has 1 saturated heterocycles. The van der Waals surface area contributed by atoms with Crippen LogP contribution in [0.3, 0.4) is 0 Å². The Kier molecular flexibility index (Phi) is 4.85. The molecule has 1 spiro atoms. The normalized spacial score (nSPS) is 20.0. The third-order valence-corrected chi connectivity index (χ3v) is 5.33. The summed E-state index contributed by atoms with van der Waals surface area (Å²) in [7, 11) is 0. The number of likely N-dealkylation sites (tertiary alicyclic amines) is 1. The number of nitrogens with zero attached hydrogens (tertiary/aromatic N) is 4. The van der Waals surface area contributed by atoms with Gasteiger partial charge in [0.05, 0.1) is 11.0 Å². The molecule has 8 nitrogen and oxygen atoms in total. The number of aromatic nitrogens is 2. The van der Waals surface area contributed by atoms with E-state index in [2.05, 4.69) is 5.10 Å². The smallest absolute Gasteiger partial charge is 0.410 e. The lowest BCUT2D eigenvalue weighted by molar-refractivity contribution is -0.386. The van der Waals surface area contributed by atoms with Crippen LogP contribution in [0.15, 0.2) is 6.20 Å². The first-order chi connectivity index (χ1) is 12.5. The van der Waals surface area contributed by atoms with Crippen LogP contribution in [-0.2, 0) is 4.74 Å². The summed E-state index contributed by atoms with van der Waals surface area (Å²) in [5.41, 5.74) is -1.91. The number of nitro groups is 1. The van der Waals surface area contributed by atoms with Crippen LogP contribution in [-0.4, -0.2) is 44.4 Å². The maximum atomic E-state index is 12.9. The highest BCUT2D eigenvalue weighted by Gasteiger charge is 2.48. The summed E-state index contributed by atoms with van der Waals surface area (Å²) >= 11 is 0. The van der Waals surface area contributed by atoms with E-state index in [1.54, 1.807) is 4.90 Å². The van der Waals surface area contributed by atoms with E-state index in [0.717, 1.165) is 31.9 Å². The first-order valence-electron chi connectivity index (χ1n) is 8.99. The molecular formula is C17H24F2N4O4. The van der Waals surface area contributed by atoms with Crippen molar-refractivity contribution in [3.63, 3.8) is 0 Å². The second-order valence-corrected chi connectivity index (χ2v) is 8.47. The van der Waals surface area contributed by atoms with E-state index in [0.29, 0.717) is 13.1 Å². The molecule has 0 bridgehead atoms. The highest BCUT2D eigenvalue weighted by atomic mass is 19.3. The molecule has 0 aromatic carbocycles. The zero-order valence-electron chi connectivity index (χ0n) is 15.7. The third kappa shape index (κ3) is 4.03. The Morgan fingerprint density at radius 3 is 2.41 bits per heavy atom. The molecule has 0 unspecified atom stereocenters. The molecule has 1 aliphatic carbocycles. The average molecular weight is 386 g/mol. The van der Waals surface area contributed by atoms with Crippen molar-refractivity contribution in [2.24, 2.45) is 5.41 Å². The Labute approximate surface area is 155 Å². The highest BCUT2D eigenvalue weighted by Crippen LogP contribution is 2.55. The van der Waals surface area contributed by atoms with Crippen molar-refractivity contribution in [3.8, 4) is 0 Å². The number of piperidine rings is 1. The van der Waals surface area contributed by atoms with Crippen LogP contribution in [0.4, 0.5) is 19.3 Å². The number of carbonyl (C=O) groups is 1. The number of ether oxygens (including phenoxy) is 1. The lowest BCUT2D eigenvalue weighted by Crippen LogP contribution is -2.50. The fraction of sp³-hybridized carbons (Fsp3) is 0.765. The molecule has 3 rings (SSSR count). The molecule has 2 fully saturated rings. The summed E-state index contributed by atoms with van der Waals surface area (Å²) in [4.78, 5) is 23.9. The Morgan fingerprint density at radius 2 is 1.96 bits per heavy atom. The van der Waals surface area contributed by atoms with Gasteiger partial charge in [-0.3, -0.25) is 14.8 Å². The van der Waals surface area contributed by atoms with E-state index >= 15 is 0 Å². The van der Waals surface area contributed by atoms with Crippen LogP contribution in [0.1, 0.15) is 64.6 Å². The van der Waals surface area contributed by atoms with Gasteiger partial charge in [-0.15, -0.1) is 0 Å². The van der Waals surface area contributed by atoms with Crippen LogP contribution in [0, 0.1) is 15.5 Å². The molecule has 10 heteroatoms. The molecule has 0 atom stereocenters. The topological polar surface area (TPSA) is 90.5 Å². The molecule has 27 heavy (non-hydrogen) atoms. The summed E-state index contributed by atoms with van der Waals surface area (Å²) in [6.07, 6.45) is 0.847. The van der Waals surface area contributed by atoms with Gasteiger partial charge >= 0.3 is 11.8 Å². The van der Waals surface area contributed by atoms with Crippen molar-refractivity contribution in [1.82, 2.24) is 14.7 Å². The largest absolute Gasteiger partial charge is 0.444 e. The Balaban J connectivity index is 1.58. The van der Waals surface area contributed by atoms with E-state index in [1.165, 1.54) is 4.68 Å². The molecule has 1 aromatic rings. The fourth-order valence-corrected chi connectivity index (χ4v) is 3.90. The fourth-order valence-electron chi connectivity index (χ4n) is 3.90. The molecule has 2 aliphatic rings. The lowest BCUT2D eigenvalue weighted by atomic mass is 9.60.